The summed E-state index contributed by atoms with van der Waals surface area (Å²) in [5, 5.41) is 0. The molecule has 5 nitrogen and oxygen atoms in total. The van der Waals surface area contributed by atoms with Crippen molar-refractivity contribution in [3.8, 4) is 0 Å². The maximum Gasteiger partial charge on any atom is 0.328 e. The van der Waals surface area contributed by atoms with E-state index < -0.39 is 0 Å². The highest BCUT2D eigenvalue weighted by molar-refractivity contribution is 5.69. The molecule has 0 spiro atoms. The monoisotopic (exact) mass is 237 g/mol. The quantitative estimate of drug-likeness (QED) is 0.570. The minimum Gasteiger partial charge on any atom is -0.374 e. The van der Waals surface area contributed by atoms with Gasteiger partial charge in [0.15, 0.2) is 0 Å². The minimum atomic E-state index is -0.371. The van der Waals surface area contributed by atoms with Crippen molar-refractivity contribution in [3.63, 3.8) is 0 Å². The summed E-state index contributed by atoms with van der Waals surface area (Å²) in [6.07, 6.45) is 1.31. The molecule has 94 valence electrons. The summed E-state index contributed by atoms with van der Waals surface area (Å²) >= 11 is 0. The van der Waals surface area contributed by atoms with Crippen LogP contribution in [0.5, 0.6) is 0 Å². The third-order valence-corrected chi connectivity index (χ3v) is 2.61. The van der Waals surface area contributed by atoms with Crippen LogP contribution in [0, 0.1) is 0 Å². The standard InChI is InChI=1S/C12H19N3O2/c1-3-10-4-6-11(7-5-10)15(2)9-8-12(16)17-14-13/h4-7,14H,3,8-9,13H2,1-2H3. The van der Waals surface area contributed by atoms with E-state index in [1.54, 1.807) is 0 Å². The summed E-state index contributed by atoms with van der Waals surface area (Å²) in [6.45, 7) is 2.71. The number of hydrazine groups is 1. The number of carbonyl (C=O) groups excluding carboxylic acids is 1. The molecule has 0 fully saturated rings. The van der Waals surface area contributed by atoms with Crippen molar-refractivity contribution < 1.29 is 9.63 Å². The van der Waals surface area contributed by atoms with Crippen LogP contribution in [0.15, 0.2) is 24.3 Å². The van der Waals surface area contributed by atoms with Gasteiger partial charge in [0.25, 0.3) is 0 Å². The Morgan fingerprint density at radius 2 is 2.06 bits per heavy atom. The molecule has 0 heterocycles. The number of nitrogens with two attached hydrogens (primary N) is 1. The van der Waals surface area contributed by atoms with Crippen molar-refractivity contribution in [2.24, 2.45) is 5.84 Å². The minimum absolute atomic E-state index is 0.288. The lowest BCUT2D eigenvalue weighted by molar-refractivity contribution is -0.150. The van der Waals surface area contributed by atoms with Crippen LogP contribution in [-0.2, 0) is 16.1 Å². The summed E-state index contributed by atoms with van der Waals surface area (Å²) in [7, 11) is 1.93. The lowest BCUT2D eigenvalue weighted by Crippen LogP contribution is -2.29. The van der Waals surface area contributed by atoms with Crippen molar-refractivity contribution >= 4 is 11.7 Å². The van der Waals surface area contributed by atoms with E-state index in [0.717, 1.165) is 12.1 Å². The van der Waals surface area contributed by atoms with Crippen LogP contribution >= 0.6 is 0 Å². The summed E-state index contributed by atoms with van der Waals surface area (Å²) in [6, 6.07) is 8.27. The van der Waals surface area contributed by atoms with E-state index in [9.17, 15) is 4.79 Å². The predicted molar refractivity (Wildman–Crippen MR) is 67.1 cm³/mol. The Kier molecular flexibility index (Phi) is 5.45. The molecule has 17 heavy (non-hydrogen) atoms. The van der Waals surface area contributed by atoms with E-state index in [-0.39, 0.29) is 12.4 Å². The van der Waals surface area contributed by atoms with Crippen molar-refractivity contribution in [2.75, 3.05) is 18.5 Å². The maximum atomic E-state index is 11.1. The van der Waals surface area contributed by atoms with Gasteiger partial charge in [0.05, 0.1) is 6.42 Å². The van der Waals surface area contributed by atoms with Crippen molar-refractivity contribution in [1.29, 1.82) is 0 Å². The van der Waals surface area contributed by atoms with Crippen LogP contribution in [0.25, 0.3) is 0 Å². The molecule has 1 rings (SSSR count). The number of benzene rings is 1. The highest BCUT2D eigenvalue weighted by Crippen LogP contribution is 2.14. The van der Waals surface area contributed by atoms with Gasteiger partial charge in [-0.1, -0.05) is 24.6 Å². The zero-order valence-electron chi connectivity index (χ0n) is 10.3. The van der Waals surface area contributed by atoms with E-state index >= 15 is 0 Å². The fourth-order valence-electron chi connectivity index (χ4n) is 1.49. The lowest BCUT2D eigenvalue weighted by Gasteiger charge is -2.18. The van der Waals surface area contributed by atoms with Gasteiger partial charge in [-0.15, -0.1) is 0 Å². The van der Waals surface area contributed by atoms with Gasteiger partial charge < -0.3 is 9.74 Å². The van der Waals surface area contributed by atoms with Gasteiger partial charge >= 0.3 is 5.97 Å². The van der Waals surface area contributed by atoms with Gasteiger partial charge in [-0.05, 0) is 24.1 Å². The van der Waals surface area contributed by atoms with Gasteiger partial charge in [-0.3, -0.25) is 4.79 Å². The molecule has 0 aliphatic heterocycles. The molecule has 0 aromatic heterocycles. The number of hydrogen-bond acceptors (Lipinski definition) is 5. The first-order valence-electron chi connectivity index (χ1n) is 5.62. The van der Waals surface area contributed by atoms with E-state index in [1.165, 1.54) is 5.56 Å². The normalized spacial score (nSPS) is 10.1. The van der Waals surface area contributed by atoms with Crippen LogP contribution in [0.2, 0.25) is 0 Å². The molecular weight excluding hydrogens is 218 g/mol. The first-order valence-corrected chi connectivity index (χ1v) is 5.62. The zero-order valence-corrected chi connectivity index (χ0v) is 10.3. The van der Waals surface area contributed by atoms with Crippen LogP contribution in [0.4, 0.5) is 5.69 Å². The number of rotatable bonds is 6. The smallest absolute Gasteiger partial charge is 0.328 e. The number of aryl methyl sites for hydroxylation is 1. The molecule has 0 unspecified atom stereocenters. The number of anilines is 1. The molecule has 0 saturated carbocycles. The molecule has 3 N–H and O–H groups in total. The third kappa shape index (κ3) is 4.42. The number of nitrogens with one attached hydrogen (secondary N) is 1. The van der Waals surface area contributed by atoms with Crippen molar-refractivity contribution in [3.05, 3.63) is 29.8 Å². The largest absolute Gasteiger partial charge is 0.374 e. The molecule has 0 aliphatic carbocycles. The number of hydrogen-bond donors (Lipinski definition) is 2. The van der Waals surface area contributed by atoms with Gasteiger partial charge in [-0.25, -0.2) is 5.84 Å². The third-order valence-electron chi connectivity index (χ3n) is 2.61. The maximum absolute atomic E-state index is 11.1. The van der Waals surface area contributed by atoms with Crippen molar-refractivity contribution in [1.82, 2.24) is 5.59 Å². The SMILES string of the molecule is CCc1ccc(N(C)CCC(=O)ONN)cc1. The number of nitrogens with zero attached hydrogens (tertiary/aromatic N) is 1. The van der Waals surface area contributed by atoms with Gasteiger partial charge in [0, 0.05) is 19.3 Å². The molecule has 1 aromatic carbocycles. The molecule has 0 radical (unpaired) electrons. The summed E-state index contributed by atoms with van der Waals surface area (Å²) in [5.41, 5.74) is 4.26. The second-order valence-corrected chi connectivity index (χ2v) is 3.78. The van der Waals surface area contributed by atoms with E-state index in [1.807, 2.05) is 29.7 Å². The molecule has 0 saturated heterocycles. The first kappa shape index (κ1) is 13.5. The highest BCUT2D eigenvalue weighted by atomic mass is 16.7. The average Bonchev–Trinajstić information content (AvgIpc) is 2.36. The van der Waals surface area contributed by atoms with Crippen molar-refractivity contribution in [2.45, 2.75) is 19.8 Å². The Morgan fingerprint density at radius 1 is 1.41 bits per heavy atom. The van der Waals surface area contributed by atoms with Crippen LogP contribution in [-0.4, -0.2) is 19.6 Å². The van der Waals surface area contributed by atoms with E-state index in [2.05, 4.69) is 23.9 Å². The fraction of sp³-hybridized carbons (Fsp3) is 0.417. The van der Waals surface area contributed by atoms with Crippen LogP contribution < -0.4 is 16.3 Å². The fourth-order valence-corrected chi connectivity index (χ4v) is 1.49. The van der Waals surface area contributed by atoms with E-state index in [4.69, 9.17) is 5.84 Å². The highest BCUT2D eigenvalue weighted by Gasteiger charge is 2.06. The Labute approximate surface area is 101 Å². The van der Waals surface area contributed by atoms with Gasteiger partial charge in [-0.2, -0.15) is 0 Å². The Bertz CT molecular complexity index is 351. The zero-order chi connectivity index (χ0) is 12.7. The second kappa shape index (κ2) is 6.88. The predicted octanol–water partition coefficient (Wildman–Crippen LogP) is 0.997. The van der Waals surface area contributed by atoms with E-state index in [0.29, 0.717) is 6.54 Å². The molecule has 0 amide bonds. The average molecular weight is 237 g/mol. The van der Waals surface area contributed by atoms with Gasteiger partial charge in [0.2, 0.25) is 0 Å². The Balaban J connectivity index is 2.46. The van der Waals surface area contributed by atoms with Crippen LogP contribution in [0.3, 0.4) is 0 Å². The molecule has 0 aliphatic rings. The molecule has 5 heteroatoms. The lowest BCUT2D eigenvalue weighted by atomic mass is 10.1. The second-order valence-electron chi connectivity index (χ2n) is 3.78. The summed E-state index contributed by atoms with van der Waals surface area (Å²) in [5.74, 6) is 4.50. The van der Waals surface area contributed by atoms with Gasteiger partial charge in [0.1, 0.15) is 0 Å². The molecule has 0 atom stereocenters. The molecular formula is C12H19N3O2. The summed E-state index contributed by atoms with van der Waals surface area (Å²) in [4.78, 5) is 17.5. The Morgan fingerprint density at radius 3 is 2.59 bits per heavy atom. The van der Waals surface area contributed by atoms with Crippen LogP contribution in [0.1, 0.15) is 18.9 Å². The molecule has 0 bridgehead atoms. The Hall–Kier alpha value is -1.59. The topological polar surface area (TPSA) is 67.6 Å². The summed E-state index contributed by atoms with van der Waals surface area (Å²) < 4.78 is 0. The number of carbonyl (C=O) groups is 1. The first-order chi connectivity index (χ1) is 8.17. The molecule has 1 aromatic rings.